The van der Waals surface area contributed by atoms with Gasteiger partial charge in [-0.05, 0) is 25.5 Å². The number of amides is 2. The Morgan fingerprint density at radius 2 is 1.90 bits per heavy atom. The molecule has 1 aromatic rings. The number of nitrogens with zero attached hydrogens (tertiary/aromatic N) is 1. The van der Waals surface area contributed by atoms with Crippen LogP contribution in [0.1, 0.15) is 66.7 Å². The lowest BCUT2D eigenvalue weighted by Crippen LogP contribution is -2.38. The zero-order valence-corrected chi connectivity index (χ0v) is 12.2. The van der Waals surface area contributed by atoms with Crippen molar-refractivity contribution >= 4 is 17.5 Å². The number of imide groups is 1. The van der Waals surface area contributed by atoms with E-state index in [1.54, 1.807) is 18.2 Å². The Morgan fingerprint density at radius 1 is 1.15 bits per heavy atom. The summed E-state index contributed by atoms with van der Waals surface area (Å²) in [6.45, 7) is 4.10. The fraction of sp³-hybridized carbons (Fsp3) is 0.500. The lowest BCUT2D eigenvalue weighted by atomic mass is 10.1. The summed E-state index contributed by atoms with van der Waals surface area (Å²) in [4.78, 5) is 26.1. The molecule has 108 valence electrons. The van der Waals surface area contributed by atoms with Gasteiger partial charge in [-0.15, -0.1) is 0 Å². The molecule has 4 heteroatoms. The van der Waals surface area contributed by atoms with Gasteiger partial charge in [-0.3, -0.25) is 14.5 Å². The SMILES string of the molecule is CCCCCCC(C)N1C(=O)c2cccc(N)c2C1=O. The van der Waals surface area contributed by atoms with Crippen LogP contribution in [0.15, 0.2) is 18.2 Å². The molecule has 4 nitrogen and oxygen atoms in total. The molecule has 1 aliphatic rings. The molecule has 1 heterocycles. The monoisotopic (exact) mass is 274 g/mol. The second kappa shape index (κ2) is 6.07. The highest BCUT2D eigenvalue weighted by atomic mass is 16.2. The van der Waals surface area contributed by atoms with Crippen molar-refractivity contribution in [1.82, 2.24) is 4.90 Å². The summed E-state index contributed by atoms with van der Waals surface area (Å²) in [5.41, 5.74) is 7.03. The van der Waals surface area contributed by atoms with E-state index >= 15 is 0 Å². The normalized spacial score (nSPS) is 15.6. The summed E-state index contributed by atoms with van der Waals surface area (Å²) in [7, 11) is 0. The Bertz CT molecular complexity index is 525. The second-order valence-corrected chi connectivity index (χ2v) is 5.45. The number of carbonyl (C=O) groups excluding carboxylic acids is 2. The van der Waals surface area contributed by atoms with Crippen LogP contribution in [0.3, 0.4) is 0 Å². The van der Waals surface area contributed by atoms with Gasteiger partial charge in [0.05, 0.1) is 11.1 Å². The van der Waals surface area contributed by atoms with Gasteiger partial charge in [-0.25, -0.2) is 0 Å². The van der Waals surface area contributed by atoms with Crippen molar-refractivity contribution in [1.29, 1.82) is 0 Å². The molecule has 2 amide bonds. The van der Waals surface area contributed by atoms with Crippen LogP contribution in [0.25, 0.3) is 0 Å². The van der Waals surface area contributed by atoms with Crippen molar-refractivity contribution in [3.8, 4) is 0 Å². The molecule has 0 spiro atoms. The Morgan fingerprint density at radius 3 is 2.55 bits per heavy atom. The molecule has 1 aromatic carbocycles. The number of hydrogen-bond donors (Lipinski definition) is 1. The van der Waals surface area contributed by atoms with Gasteiger partial charge in [0.1, 0.15) is 0 Å². The minimum atomic E-state index is -0.244. The van der Waals surface area contributed by atoms with Crippen LogP contribution in [-0.4, -0.2) is 22.8 Å². The van der Waals surface area contributed by atoms with Crippen LogP contribution in [-0.2, 0) is 0 Å². The second-order valence-electron chi connectivity index (χ2n) is 5.45. The van der Waals surface area contributed by atoms with Gasteiger partial charge >= 0.3 is 0 Å². The van der Waals surface area contributed by atoms with E-state index < -0.39 is 0 Å². The summed E-state index contributed by atoms with van der Waals surface area (Å²) in [5, 5.41) is 0. The molecule has 1 aliphatic heterocycles. The van der Waals surface area contributed by atoms with Crippen molar-refractivity contribution in [2.24, 2.45) is 0 Å². The molecule has 0 radical (unpaired) electrons. The molecule has 0 fully saturated rings. The maximum absolute atomic E-state index is 12.4. The van der Waals surface area contributed by atoms with Gasteiger partial charge in [-0.2, -0.15) is 0 Å². The standard InChI is InChI=1S/C16H22N2O2/c1-3-4-5-6-8-11(2)18-15(19)12-9-7-10-13(17)14(12)16(18)20/h7,9-11H,3-6,8,17H2,1-2H3. The van der Waals surface area contributed by atoms with Crippen LogP contribution in [0, 0.1) is 0 Å². The Kier molecular flexibility index (Phi) is 4.42. The van der Waals surface area contributed by atoms with Gasteiger partial charge in [0, 0.05) is 11.7 Å². The molecule has 0 aromatic heterocycles. The van der Waals surface area contributed by atoms with E-state index in [1.165, 1.54) is 17.7 Å². The van der Waals surface area contributed by atoms with Crippen LogP contribution in [0.2, 0.25) is 0 Å². The first-order chi connectivity index (χ1) is 9.57. The van der Waals surface area contributed by atoms with Crippen molar-refractivity contribution < 1.29 is 9.59 Å². The Balaban J connectivity index is 2.10. The summed E-state index contributed by atoms with van der Waals surface area (Å²) < 4.78 is 0. The van der Waals surface area contributed by atoms with Crippen LogP contribution in [0.5, 0.6) is 0 Å². The fourth-order valence-electron chi connectivity index (χ4n) is 2.73. The summed E-state index contributed by atoms with van der Waals surface area (Å²) in [6.07, 6.45) is 5.41. The number of carbonyl (C=O) groups is 2. The highest BCUT2D eigenvalue weighted by Gasteiger charge is 2.39. The first-order valence-corrected chi connectivity index (χ1v) is 7.34. The lowest BCUT2D eigenvalue weighted by molar-refractivity contribution is 0.0588. The maximum Gasteiger partial charge on any atom is 0.263 e. The molecule has 1 unspecified atom stereocenters. The summed E-state index contributed by atoms with van der Waals surface area (Å²) in [6, 6.07) is 4.99. The first kappa shape index (κ1) is 14.6. The fourth-order valence-corrected chi connectivity index (χ4v) is 2.73. The Labute approximate surface area is 119 Å². The predicted octanol–water partition coefficient (Wildman–Crippen LogP) is 3.22. The topological polar surface area (TPSA) is 63.4 Å². The third-order valence-electron chi connectivity index (χ3n) is 3.89. The van der Waals surface area contributed by atoms with Crippen molar-refractivity contribution in [3.63, 3.8) is 0 Å². The minimum absolute atomic E-state index is 0.0707. The number of unbranched alkanes of at least 4 members (excludes halogenated alkanes) is 3. The number of hydrogen-bond acceptors (Lipinski definition) is 3. The van der Waals surface area contributed by atoms with Crippen molar-refractivity contribution in [2.45, 2.75) is 52.0 Å². The van der Waals surface area contributed by atoms with E-state index in [0.29, 0.717) is 16.8 Å². The van der Waals surface area contributed by atoms with Gasteiger partial charge in [0.15, 0.2) is 0 Å². The highest BCUT2D eigenvalue weighted by molar-refractivity contribution is 6.23. The molecular weight excluding hydrogens is 252 g/mol. The number of benzene rings is 1. The molecule has 0 bridgehead atoms. The minimum Gasteiger partial charge on any atom is -0.398 e. The smallest absolute Gasteiger partial charge is 0.263 e. The molecular formula is C16H22N2O2. The third kappa shape index (κ3) is 2.55. The molecule has 2 rings (SSSR count). The number of nitrogens with two attached hydrogens (primary N) is 1. The van der Waals surface area contributed by atoms with E-state index in [1.807, 2.05) is 6.92 Å². The van der Waals surface area contributed by atoms with Crippen molar-refractivity contribution in [3.05, 3.63) is 29.3 Å². The number of fused-ring (bicyclic) bond motifs is 1. The van der Waals surface area contributed by atoms with Crippen LogP contribution >= 0.6 is 0 Å². The maximum atomic E-state index is 12.4. The third-order valence-corrected chi connectivity index (χ3v) is 3.89. The highest BCUT2D eigenvalue weighted by Crippen LogP contribution is 2.30. The molecule has 0 saturated heterocycles. The van der Waals surface area contributed by atoms with E-state index in [4.69, 9.17) is 5.73 Å². The predicted molar refractivity (Wildman–Crippen MR) is 79.6 cm³/mol. The number of rotatable bonds is 6. The van der Waals surface area contributed by atoms with Crippen LogP contribution < -0.4 is 5.73 Å². The molecule has 0 saturated carbocycles. The lowest BCUT2D eigenvalue weighted by Gasteiger charge is -2.22. The zero-order chi connectivity index (χ0) is 14.7. The summed E-state index contributed by atoms with van der Waals surface area (Å²) in [5.74, 6) is -0.452. The van der Waals surface area contributed by atoms with Crippen molar-refractivity contribution in [2.75, 3.05) is 5.73 Å². The summed E-state index contributed by atoms with van der Waals surface area (Å²) >= 11 is 0. The van der Waals surface area contributed by atoms with Gasteiger partial charge < -0.3 is 5.73 Å². The average molecular weight is 274 g/mol. The Hall–Kier alpha value is -1.84. The van der Waals surface area contributed by atoms with Gasteiger partial charge in [-0.1, -0.05) is 38.7 Å². The number of anilines is 1. The largest absolute Gasteiger partial charge is 0.398 e. The van der Waals surface area contributed by atoms with E-state index in [2.05, 4.69) is 6.92 Å². The van der Waals surface area contributed by atoms with Gasteiger partial charge in [0.2, 0.25) is 0 Å². The van der Waals surface area contributed by atoms with E-state index in [0.717, 1.165) is 19.3 Å². The molecule has 2 N–H and O–H groups in total. The number of nitrogen functional groups attached to an aromatic ring is 1. The molecule has 1 atom stereocenters. The average Bonchev–Trinajstić information content (AvgIpc) is 2.68. The molecule has 20 heavy (non-hydrogen) atoms. The van der Waals surface area contributed by atoms with Gasteiger partial charge in [0.25, 0.3) is 11.8 Å². The quantitative estimate of drug-likeness (QED) is 0.492. The zero-order valence-electron chi connectivity index (χ0n) is 12.2. The molecule has 0 aliphatic carbocycles. The van der Waals surface area contributed by atoms with E-state index in [9.17, 15) is 9.59 Å². The van der Waals surface area contributed by atoms with E-state index in [-0.39, 0.29) is 17.9 Å². The van der Waals surface area contributed by atoms with Crippen LogP contribution in [0.4, 0.5) is 5.69 Å². The first-order valence-electron chi connectivity index (χ1n) is 7.34.